The Labute approximate surface area is 199 Å². The molecule has 1 saturated heterocycles. The van der Waals surface area contributed by atoms with Crippen molar-refractivity contribution in [1.29, 1.82) is 0 Å². The fourth-order valence-electron chi connectivity index (χ4n) is 3.49. The molecule has 11 heteroatoms. The van der Waals surface area contributed by atoms with Gasteiger partial charge in [-0.05, 0) is 29.8 Å². The maximum atomic E-state index is 12.7. The Morgan fingerprint density at radius 1 is 0.824 bits per heavy atom. The minimum atomic E-state index is -3.58. The molecule has 0 atom stereocenters. The summed E-state index contributed by atoms with van der Waals surface area (Å²) < 4.78 is 26.7. The van der Waals surface area contributed by atoms with Crippen LogP contribution in [0.5, 0.6) is 0 Å². The molecule has 0 unspecified atom stereocenters. The maximum absolute atomic E-state index is 12.7. The minimum absolute atomic E-state index is 0.0139. The molecule has 0 spiro atoms. The molecule has 1 aromatic heterocycles. The molecule has 1 aliphatic heterocycles. The number of benzene rings is 1. The Kier molecular flexibility index (Phi) is 9.11. The number of carbonyl (C=O) groups excluding carboxylic acids is 3. The molecule has 2 N–H and O–H groups in total. The Morgan fingerprint density at radius 3 is 2.15 bits per heavy atom. The third kappa shape index (κ3) is 7.35. The van der Waals surface area contributed by atoms with Crippen molar-refractivity contribution in [3.8, 4) is 0 Å². The number of pyridine rings is 1. The van der Waals surface area contributed by atoms with Crippen LogP contribution >= 0.6 is 0 Å². The summed E-state index contributed by atoms with van der Waals surface area (Å²) in [6, 6.07) is 11.8. The molecule has 182 valence electrons. The molecule has 0 saturated carbocycles. The zero-order chi connectivity index (χ0) is 24.4. The third-order valence-electron chi connectivity index (χ3n) is 5.45. The zero-order valence-corrected chi connectivity index (χ0v) is 19.7. The van der Waals surface area contributed by atoms with E-state index in [1.165, 1.54) is 4.31 Å². The van der Waals surface area contributed by atoms with E-state index in [0.29, 0.717) is 6.54 Å². The molecule has 0 radical (unpaired) electrons. The van der Waals surface area contributed by atoms with E-state index in [2.05, 4.69) is 15.6 Å². The predicted molar refractivity (Wildman–Crippen MR) is 125 cm³/mol. The van der Waals surface area contributed by atoms with E-state index in [0.717, 1.165) is 5.56 Å². The summed E-state index contributed by atoms with van der Waals surface area (Å²) in [5.74, 6) is -0.681. The van der Waals surface area contributed by atoms with Crippen molar-refractivity contribution in [2.75, 3.05) is 32.7 Å². The molecule has 3 amide bonds. The lowest BCUT2D eigenvalue weighted by molar-refractivity contribution is -0.134. The van der Waals surface area contributed by atoms with Crippen molar-refractivity contribution in [3.05, 3.63) is 60.4 Å². The van der Waals surface area contributed by atoms with Crippen LogP contribution in [0.2, 0.25) is 0 Å². The second-order valence-electron chi connectivity index (χ2n) is 7.83. The van der Waals surface area contributed by atoms with E-state index in [1.807, 2.05) is 0 Å². The van der Waals surface area contributed by atoms with Crippen LogP contribution in [-0.2, 0) is 31.0 Å². The molecule has 0 aliphatic carbocycles. The van der Waals surface area contributed by atoms with E-state index in [9.17, 15) is 22.8 Å². The highest BCUT2D eigenvalue weighted by Gasteiger charge is 2.29. The van der Waals surface area contributed by atoms with E-state index in [-0.39, 0.29) is 74.6 Å². The summed E-state index contributed by atoms with van der Waals surface area (Å²) in [6.45, 7) is 1.57. The quantitative estimate of drug-likeness (QED) is 0.503. The lowest BCUT2D eigenvalue weighted by Gasteiger charge is -2.34. The molecule has 1 aliphatic rings. The van der Waals surface area contributed by atoms with Gasteiger partial charge in [-0.15, -0.1) is 0 Å². The van der Waals surface area contributed by atoms with Gasteiger partial charge >= 0.3 is 0 Å². The predicted octanol–water partition coefficient (Wildman–Crippen LogP) is 0.517. The van der Waals surface area contributed by atoms with Gasteiger partial charge in [0.15, 0.2) is 0 Å². The fourth-order valence-corrected chi connectivity index (χ4v) is 4.93. The van der Waals surface area contributed by atoms with E-state index < -0.39 is 10.0 Å². The Hall–Kier alpha value is -3.31. The number of carbonyl (C=O) groups is 3. The summed E-state index contributed by atoms with van der Waals surface area (Å²) in [4.78, 5) is 42.1. The summed E-state index contributed by atoms with van der Waals surface area (Å²) in [5.41, 5.74) is 0.935. The van der Waals surface area contributed by atoms with Gasteiger partial charge in [0.05, 0.1) is 4.90 Å². The van der Waals surface area contributed by atoms with Gasteiger partial charge in [-0.25, -0.2) is 8.42 Å². The normalized spacial score (nSPS) is 14.4. The number of nitrogens with one attached hydrogen (secondary N) is 2. The molecular formula is C23H29N5O5S. The van der Waals surface area contributed by atoms with Crippen molar-refractivity contribution in [2.45, 2.75) is 30.7 Å². The van der Waals surface area contributed by atoms with Gasteiger partial charge < -0.3 is 15.5 Å². The van der Waals surface area contributed by atoms with Gasteiger partial charge in [0.25, 0.3) is 0 Å². The second kappa shape index (κ2) is 12.2. The average molecular weight is 488 g/mol. The fraction of sp³-hybridized carbons (Fsp3) is 0.391. The minimum Gasteiger partial charge on any atom is -0.356 e. The molecular weight excluding hydrogens is 458 g/mol. The van der Waals surface area contributed by atoms with Gasteiger partial charge in [0.2, 0.25) is 27.7 Å². The largest absolute Gasteiger partial charge is 0.356 e. The molecule has 2 aromatic rings. The maximum Gasteiger partial charge on any atom is 0.243 e. The van der Waals surface area contributed by atoms with Gasteiger partial charge in [-0.1, -0.05) is 18.2 Å². The summed E-state index contributed by atoms with van der Waals surface area (Å²) >= 11 is 0. The lowest BCUT2D eigenvalue weighted by Crippen LogP contribution is -2.50. The molecule has 1 aromatic carbocycles. The Balaban J connectivity index is 1.31. The highest BCUT2D eigenvalue weighted by Crippen LogP contribution is 2.17. The molecule has 1 fully saturated rings. The second-order valence-corrected chi connectivity index (χ2v) is 9.77. The van der Waals surface area contributed by atoms with Crippen molar-refractivity contribution in [1.82, 2.24) is 24.8 Å². The van der Waals surface area contributed by atoms with Crippen LogP contribution in [0.25, 0.3) is 0 Å². The van der Waals surface area contributed by atoms with E-state index in [4.69, 9.17) is 0 Å². The topological polar surface area (TPSA) is 129 Å². The smallest absolute Gasteiger partial charge is 0.243 e. The monoisotopic (exact) mass is 487 g/mol. The number of nitrogens with zero attached hydrogens (tertiary/aromatic N) is 3. The van der Waals surface area contributed by atoms with Gasteiger partial charge in [-0.3, -0.25) is 19.4 Å². The Bertz CT molecular complexity index is 1070. The van der Waals surface area contributed by atoms with Crippen LogP contribution in [-0.4, -0.2) is 73.1 Å². The average Bonchev–Trinajstić information content (AvgIpc) is 2.87. The van der Waals surface area contributed by atoms with Crippen molar-refractivity contribution < 1.29 is 22.8 Å². The van der Waals surface area contributed by atoms with E-state index >= 15 is 0 Å². The Morgan fingerprint density at radius 2 is 1.47 bits per heavy atom. The number of hydrogen-bond donors (Lipinski definition) is 2. The lowest BCUT2D eigenvalue weighted by atomic mass is 10.2. The van der Waals surface area contributed by atoms with Crippen LogP contribution in [0.1, 0.15) is 24.8 Å². The van der Waals surface area contributed by atoms with Crippen LogP contribution in [0.3, 0.4) is 0 Å². The molecule has 3 rings (SSSR count). The number of sulfonamides is 1. The molecule has 10 nitrogen and oxygen atoms in total. The van der Waals surface area contributed by atoms with Crippen LogP contribution in [0, 0.1) is 0 Å². The highest BCUT2D eigenvalue weighted by molar-refractivity contribution is 7.89. The molecule has 34 heavy (non-hydrogen) atoms. The van der Waals surface area contributed by atoms with Crippen LogP contribution in [0.4, 0.5) is 0 Å². The molecule has 0 bridgehead atoms. The van der Waals surface area contributed by atoms with Gasteiger partial charge in [0, 0.05) is 70.9 Å². The SMILES string of the molecule is O=C(CCC(=O)N1CCN(S(=O)(=O)c2ccccc2)CC1)NCCC(=O)NCc1ccncc1. The van der Waals surface area contributed by atoms with Crippen LogP contribution < -0.4 is 10.6 Å². The van der Waals surface area contributed by atoms with Gasteiger partial charge in [0.1, 0.15) is 0 Å². The van der Waals surface area contributed by atoms with Crippen molar-refractivity contribution in [3.63, 3.8) is 0 Å². The number of rotatable bonds is 10. The summed E-state index contributed by atoms with van der Waals surface area (Å²) in [6.07, 6.45) is 3.49. The van der Waals surface area contributed by atoms with Crippen LogP contribution in [0.15, 0.2) is 59.8 Å². The van der Waals surface area contributed by atoms with Crippen molar-refractivity contribution >= 4 is 27.7 Å². The van der Waals surface area contributed by atoms with E-state index in [1.54, 1.807) is 59.8 Å². The summed E-state index contributed by atoms with van der Waals surface area (Å²) in [5, 5.41) is 5.41. The third-order valence-corrected chi connectivity index (χ3v) is 7.36. The first-order chi connectivity index (χ1) is 16.4. The standard InChI is InChI=1S/C23H29N5O5S/c29-21(25-13-10-22(30)26-18-19-8-11-24-12-9-19)6-7-23(31)27-14-16-28(17-15-27)34(32,33)20-4-2-1-3-5-20/h1-5,8-9,11-12H,6-7,10,13-18H2,(H,25,29)(H,26,30). The van der Waals surface area contributed by atoms with Crippen molar-refractivity contribution in [2.24, 2.45) is 0 Å². The number of aromatic nitrogens is 1. The highest BCUT2D eigenvalue weighted by atomic mass is 32.2. The van der Waals surface area contributed by atoms with Gasteiger partial charge in [-0.2, -0.15) is 4.31 Å². The first-order valence-electron chi connectivity index (χ1n) is 11.1. The summed E-state index contributed by atoms with van der Waals surface area (Å²) in [7, 11) is -3.58. The number of piperazine rings is 1. The first-order valence-corrected chi connectivity index (χ1v) is 12.6. The first kappa shape index (κ1) is 25.3. The number of hydrogen-bond acceptors (Lipinski definition) is 6. The number of amides is 3. The zero-order valence-electron chi connectivity index (χ0n) is 18.9. The molecule has 2 heterocycles.